The number of anilines is 2. The minimum absolute atomic E-state index is 0.150. The summed E-state index contributed by atoms with van der Waals surface area (Å²) in [6, 6.07) is 10.3. The average molecular weight is 411 g/mol. The Bertz CT molecular complexity index is 976. The Morgan fingerprint density at radius 1 is 1.10 bits per heavy atom. The molecular formula is C20H21N5O5. The van der Waals surface area contributed by atoms with E-state index >= 15 is 0 Å². The zero-order chi connectivity index (χ0) is 21.2. The Balaban J connectivity index is 1.48. The quantitative estimate of drug-likeness (QED) is 0.514. The molecule has 0 radical (unpaired) electrons. The molecule has 0 spiro atoms. The fraction of sp³-hybridized carbons (Fsp3) is 0.250. The molecule has 3 rings (SSSR count). The zero-order valence-electron chi connectivity index (χ0n) is 16.3. The molecule has 10 nitrogen and oxygen atoms in total. The molecule has 0 fully saturated rings. The van der Waals surface area contributed by atoms with E-state index < -0.39 is 6.09 Å². The topological polar surface area (TPSA) is 128 Å². The monoisotopic (exact) mass is 411 g/mol. The van der Waals surface area contributed by atoms with Gasteiger partial charge in [0, 0.05) is 49.3 Å². The van der Waals surface area contributed by atoms with Crippen LogP contribution in [0.2, 0.25) is 0 Å². The Labute approximate surface area is 172 Å². The van der Waals surface area contributed by atoms with Crippen LogP contribution in [-0.2, 0) is 20.7 Å². The molecule has 156 valence electrons. The molecule has 0 aliphatic carbocycles. The molecule has 2 heterocycles. The summed E-state index contributed by atoms with van der Waals surface area (Å²) in [7, 11) is 1.52. The van der Waals surface area contributed by atoms with Gasteiger partial charge in [-0.3, -0.25) is 15.1 Å². The molecule has 0 aliphatic heterocycles. The lowest BCUT2D eigenvalue weighted by atomic mass is 10.2. The molecule has 0 bridgehead atoms. The van der Waals surface area contributed by atoms with Crippen LogP contribution in [0.1, 0.15) is 12.3 Å². The number of pyridine rings is 1. The van der Waals surface area contributed by atoms with Crippen molar-refractivity contribution in [3.63, 3.8) is 0 Å². The first-order chi connectivity index (χ1) is 14.6. The van der Waals surface area contributed by atoms with Gasteiger partial charge >= 0.3 is 6.09 Å². The van der Waals surface area contributed by atoms with Crippen LogP contribution in [0.15, 0.2) is 53.3 Å². The van der Waals surface area contributed by atoms with Crippen LogP contribution in [-0.4, -0.2) is 47.4 Å². The normalized spacial score (nSPS) is 10.4. The lowest BCUT2D eigenvalue weighted by molar-refractivity contribution is -0.116. The summed E-state index contributed by atoms with van der Waals surface area (Å²) in [6.45, 7) is 0.463. The SMILES string of the molecule is COCCOC(=O)Nc1cccc(NC(=O)CCc2nc(-c3cccnc3)no2)c1. The highest BCUT2D eigenvalue weighted by molar-refractivity contribution is 5.92. The summed E-state index contributed by atoms with van der Waals surface area (Å²) >= 11 is 0. The number of aryl methyl sites for hydroxylation is 1. The smallest absolute Gasteiger partial charge is 0.411 e. The Morgan fingerprint density at radius 2 is 1.93 bits per heavy atom. The van der Waals surface area contributed by atoms with Crippen LogP contribution in [0.25, 0.3) is 11.4 Å². The molecule has 2 N–H and O–H groups in total. The molecule has 10 heteroatoms. The van der Waals surface area contributed by atoms with Crippen molar-refractivity contribution in [2.45, 2.75) is 12.8 Å². The number of nitrogens with one attached hydrogen (secondary N) is 2. The molecule has 0 saturated carbocycles. The van der Waals surface area contributed by atoms with Crippen molar-refractivity contribution in [1.29, 1.82) is 0 Å². The van der Waals surface area contributed by atoms with Crippen LogP contribution in [0.5, 0.6) is 0 Å². The van der Waals surface area contributed by atoms with Crippen LogP contribution >= 0.6 is 0 Å². The number of nitrogens with zero attached hydrogens (tertiary/aromatic N) is 3. The highest BCUT2D eigenvalue weighted by Crippen LogP contribution is 2.17. The number of hydrogen-bond acceptors (Lipinski definition) is 8. The number of aromatic nitrogens is 3. The number of carbonyl (C=O) groups is 2. The fourth-order valence-corrected chi connectivity index (χ4v) is 2.46. The number of benzene rings is 1. The second-order valence-corrected chi connectivity index (χ2v) is 6.14. The Morgan fingerprint density at radius 3 is 2.70 bits per heavy atom. The molecule has 0 unspecified atom stereocenters. The maximum absolute atomic E-state index is 12.2. The van der Waals surface area contributed by atoms with Crippen molar-refractivity contribution in [2.24, 2.45) is 0 Å². The number of carbonyl (C=O) groups excluding carboxylic acids is 2. The highest BCUT2D eigenvalue weighted by atomic mass is 16.6. The van der Waals surface area contributed by atoms with Gasteiger partial charge in [0.15, 0.2) is 0 Å². The fourth-order valence-electron chi connectivity index (χ4n) is 2.46. The van der Waals surface area contributed by atoms with Gasteiger partial charge in [-0.25, -0.2) is 4.79 Å². The van der Waals surface area contributed by atoms with E-state index in [-0.39, 0.29) is 18.9 Å². The average Bonchev–Trinajstić information content (AvgIpc) is 3.22. The summed E-state index contributed by atoms with van der Waals surface area (Å²) in [6.07, 6.45) is 3.14. The largest absolute Gasteiger partial charge is 0.447 e. The summed E-state index contributed by atoms with van der Waals surface area (Å²) in [4.78, 5) is 32.2. The van der Waals surface area contributed by atoms with Crippen molar-refractivity contribution < 1.29 is 23.6 Å². The van der Waals surface area contributed by atoms with Gasteiger partial charge in [-0.1, -0.05) is 11.2 Å². The second-order valence-electron chi connectivity index (χ2n) is 6.14. The first-order valence-electron chi connectivity index (χ1n) is 9.19. The van der Waals surface area contributed by atoms with E-state index in [0.717, 1.165) is 5.56 Å². The summed E-state index contributed by atoms with van der Waals surface area (Å²) in [5.41, 5.74) is 1.77. The van der Waals surface area contributed by atoms with Gasteiger partial charge in [-0.15, -0.1) is 0 Å². The molecule has 1 aromatic carbocycles. The third-order valence-electron chi connectivity index (χ3n) is 3.87. The predicted octanol–water partition coefficient (Wildman–Crippen LogP) is 2.90. The van der Waals surface area contributed by atoms with Crippen molar-refractivity contribution in [2.75, 3.05) is 31.0 Å². The van der Waals surface area contributed by atoms with E-state index in [1.165, 1.54) is 7.11 Å². The van der Waals surface area contributed by atoms with Gasteiger partial charge in [0.2, 0.25) is 17.6 Å². The van der Waals surface area contributed by atoms with Gasteiger partial charge in [0.25, 0.3) is 0 Å². The Hall–Kier alpha value is -3.79. The number of methoxy groups -OCH3 is 1. The number of ether oxygens (including phenoxy) is 2. The van der Waals surface area contributed by atoms with Gasteiger partial charge in [-0.2, -0.15) is 4.98 Å². The van der Waals surface area contributed by atoms with Crippen molar-refractivity contribution in [3.05, 3.63) is 54.7 Å². The highest BCUT2D eigenvalue weighted by Gasteiger charge is 2.11. The minimum atomic E-state index is -0.601. The van der Waals surface area contributed by atoms with E-state index in [1.807, 2.05) is 6.07 Å². The zero-order valence-corrected chi connectivity index (χ0v) is 16.3. The van der Waals surface area contributed by atoms with E-state index in [9.17, 15) is 9.59 Å². The standard InChI is InChI=1S/C20H21N5O5/c1-28-10-11-29-20(27)23-16-6-2-5-15(12-16)22-17(26)7-8-18-24-19(25-30-18)14-4-3-9-21-13-14/h2-6,9,12-13H,7-8,10-11H2,1H3,(H,22,26)(H,23,27). The van der Waals surface area contributed by atoms with Crippen molar-refractivity contribution in [3.8, 4) is 11.4 Å². The van der Waals surface area contributed by atoms with Gasteiger partial charge in [0.1, 0.15) is 6.61 Å². The molecule has 0 aliphatic rings. The number of hydrogen-bond donors (Lipinski definition) is 2. The van der Waals surface area contributed by atoms with Crippen molar-refractivity contribution >= 4 is 23.4 Å². The molecule has 30 heavy (non-hydrogen) atoms. The van der Waals surface area contributed by atoms with Gasteiger partial charge < -0.3 is 19.3 Å². The summed E-state index contributed by atoms with van der Waals surface area (Å²) in [5.74, 6) is 0.559. The molecular weight excluding hydrogens is 390 g/mol. The molecule has 2 aromatic heterocycles. The maximum atomic E-state index is 12.2. The first kappa shape index (κ1) is 20.9. The third-order valence-corrected chi connectivity index (χ3v) is 3.87. The number of amides is 2. The van der Waals surface area contributed by atoms with E-state index in [2.05, 4.69) is 25.8 Å². The van der Waals surface area contributed by atoms with E-state index in [1.54, 1.807) is 42.7 Å². The predicted molar refractivity (Wildman–Crippen MR) is 108 cm³/mol. The summed E-state index contributed by atoms with van der Waals surface area (Å²) < 4.78 is 14.9. The van der Waals surface area contributed by atoms with Crippen molar-refractivity contribution in [1.82, 2.24) is 15.1 Å². The summed E-state index contributed by atoms with van der Waals surface area (Å²) in [5, 5.41) is 9.25. The van der Waals surface area contributed by atoms with Gasteiger partial charge in [0.05, 0.1) is 6.61 Å². The lowest BCUT2D eigenvalue weighted by Crippen LogP contribution is -2.17. The lowest BCUT2D eigenvalue weighted by Gasteiger charge is -2.09. The van der Waals surface area contributed by atoms with E-state index in [0.29, 0.717) is 36.1 Å². The Kier molecular flexibility index (Phi) is 7.45. The van der Waals surface area contributed by atoms with Crippen LogP contribution in [0, 0.1) is 0 Å². The van der Waals surface area contributed by atoms with Crippen LogP contribution in [0.3, 0.4) is 0 Å². The van der Waals surface area contributed by atoms with E-state index in [4.69, 9.17) is 14.0 Å². The second kappa shape index (κ2) is 10.7. The maximum Gasteiger partial charge on any atom is 0.411 e. The molecule has 0 saturated heterocycles. The van der Waals surface area contributed by atoms with Gasteiger partial charge in [-0.05, 0) is 30.3 Å². The molecule has 3 aromatic rings. The minimum Gasteiger partial charge on any atom is -0.447 e. The molecule has 2 amide bonds. The molecule has 0 atom stereocenters. The number of rotatable bonds is 9. The third kappa shape index (κ3) is 6.38. The van der Waals surface area contributed by atoms with Crippen LogP contribution < -0.4 is 10.6 Å². The van der Waals surface area contributed by atoms with Crippen LogP contribution in [0.4, 0.5) is 16.2 Å². The first-order valence-corrected chi connectivity index (χ1v) is 9.19.